The molecule has 0 saturated heterocycles. The van der Waals surface area contributed by atoms with Crippen LogP contribution in [0.2, 0.25) is 0 Å². The number of nitrogens with zero attached hydrogens (tertiary/aromatic N) is 1. The average Bonchev–Trinajstić information content (AvgIpc) is 2.62. The maximum absolute atomic E-state index is 12.3. The van der Waals surface area contributed by atoms with Gasteiger partial charge in [0, 0.05) is 0 Å². The summed E-state index contributed by atoms with van der Waals surface area (Å²) in [6.45, 7) is 2.98. The molecule has 0 aromatic carbocycles. The summed E-state index contributed by atoms with van der Waals surface area (Å²) in [5.41, 5.74) is 0. The standard InChI is InChI=1S/C22H45NO3/c1-2-3-4-5-6-7-8-9-10-11-12-13-14-15-16-17-18-23(26,19-21-24)20-22-25/h9-10,24-25H,2-8,11-22H2,1H3/b10-9+. The number of aliphatic hydroxyl groups is 2. The molecule has 0 rings (SSSR count). The van der Waals surface area contributed by atoms with Gasteiger partial charge in [-0.3, -0.25) is 0 Å². The summed E-state index contributed by atoms with van der Waals surface area (Å²) in [6, 6.07) is 0. The highest BCUT2D eigenvalue weighted by atomic mass is 16.5. The summed E-state index contributed by atoms with van der Waals surface area (Å²) in [5.74, 6) is 0. The van der Waals surface area contributed by atoms with Gasteiger partial charge >= 0.3 is 0 Å². The predicted molar refractivity (Wildman–Crippen MR) is 112 cm³/mol. The van der Waals surface area contributed by atoms with Crippen molar-refractivity contribution in [2.45, 2.75) is 96.8 Å². The van der Waals surface area contributed by atoms with Crippen molar-refractivity contribution < 1.29 is 14.9 Å². The summed E-state index contributed by atoms with van der Waals surface area (Å²) >= 11 is 0. The van der Waals surface area contributed by atoms with Crippen molar-refractivity contribution in [1.29, 1.82) is 0 Å². The van der Waals surface area contributed by atoms with E-state index in [2.05, 4.69) is 19.1 Å². The van der Waals surface area contributed by atoms with Crippen molar-refractivity contribution in [2.24, 2.45) is 0 Å². The van der Waals surface area contributed by atoms with Crippen LogP contribution in [0.3, 0.4) is 0 Å². The molecule has 0 heterocycles. The smallest absolute Gasteiger partial charge is 0.102 e. The molecule has 0 bridgehead atoms. The number of unbranched alkanes of at least 4 members (excludes halogenated alkanes) is 12. The predicted octanol–water partition coefficient (Wildman–Crippen LogP) is 5.32. The molecule has 0 fully saturated rings. The number of rotatable bonds is 20. The number of hydroxylamine groups is 3. The van der Waals surface area contributed by atoms with Crippen molar-refractivity contribution >= 4 is 0 Å². The van der Waals surface area contributed by atoms with E-state index in [1.165, 1.54) is 77.0 Å². The fourth-order valence-electron chi connectivity index (χ4n) is 3.35. The second-order valence-corrected chi connectivity index (χ2v) is 7.61. The van der Waals surface area contributed by atoms with Crippen molar-refractivity contribution in [3.63, 3.8) is 0 Å². The lowest BCUT2D eigenvalue weighted by atomic mass is 10.1. The van der Waals surface area contributed by atoms with Crippen LogP contribution in [0.1, 0.15) is 96.8 Å². The fraction of sp³-hybridized carbons (Fsp3) is 0.909. The molecule has 0 radical (unpaired) electrons. The lowest BCUT2D eigenvalue weighted by molar-refractivity contribution is -0.881. The molecular formula is C22H45NO3. The van der Waals surface area contributed by atoms with E-state index in [4.69, 9.17) is 10.2 Å². The van der Waals surface area contributed by atoms with Crippen molar-refractivity contribution in [3.8, 4) is 0 Å². The van der Waals surface area contributed by atoms with Crippen LogP contribution in [0.25, 0.3) is 0 Å². The van der Waals surface area contributed by atoms with Gasteiger partial charge < -0.3 is 20.1 Å². The topological polar surface area (TPSA) is 63.5 Å². The van der Waals surface area contributed by atoms with Crippen LogP contribution in [0, 0.1) is 5.21 Å². The maximum Gasteiger partial charge on any atom is 0.102 e. The number of hydrogen-bond acceptors (Lipinski definition) is 3. The van der Waals surface area contributed by atoms with Crippen LogP contribution in [0.5, 0.6) is 0 Å². The molecule has 0 aliphatic carbocycles. The zero-order valence-corrected chi connectivity index (χ0v) is 17.3. The van der Waals surface area contributed by atoms with Gasteiger partial charge in [0.1, 0.15) is 13.1 Å². The molecule has 0 aliphatic heterocycles. The van der Waals surface area contributed by atoms with Gasteiger partial charge in [-0.05, 0) is 38.5 Å². The van der Waals surface area contributed by atoms with Crippen LogP contribution < -0.4 is 0 Å². The minimum absolute atomic E-state index is 0.101. The molecule has 0 amide bonds. The van der Waals surface area contributed by atoms with Gasteiger partial charge in [0.2, 0.25) is 0 Å². The zero-order chi connectivity index (χ0) is 19.3. The molecule has 4 nitrogen and oxygen atoms in total. The van der Waals surface area contributed by atoms with Crippen LogP contribution >= 0.6 is 0 Å². The Balaban J connectivity index is 3.36. The van der Waals surface area contributed by atoms with E-state index in [1.54, 1.807) is 0 Å². The minimum Gasteiger partial charge on any atom is -0.633 e. The number of hydrogen-bond donors (Lipinski definition) is 2. The number of aliphatic hydroxyl groups excluding tert-OH is 2. The van der Waals surface area contributed by atoms with Crippen LogP contribution in [0.4, 0.5) is 0 Å². The summed E-state index contributed by atoms with van der Waals surface area (Å²) < 4.78 is -0.448. The lowest BCUT2D eigenvalue weighted by Gasteiger charge is -2.42. The largest absolute Gasteiger partial charge is 0.633 e. The monoisotopic (exact) mass is 371 g/mol. The van der Waals surface area contributed by atoms with Gasteiger partial charge in [-0.15, -0.1) is 0 Å². The minimum atomic E-state index is -0.448. The summed E-state index contributed by atoms with van der Waals surface area (Å²) in [7, 11) is 0. The molecule has 0 spiro atoms. The van der Waals surface area contributed by atoms with Crippen LogP contribution in [-0.4, -0.2) is 47.7 Å². The van der Waals surface area contributed by atoms with Crippen molar-refractivity contribution in [2.75, 3.05) is 32.8 Å². The Hall–Kier alpha value is -0.420. The Labute approximate surface area is 162 Å². The highest BCUT2D eigenvalue weighted by Crippen LogP contribution is 2.12. The third kappa shape index (κ3) is 17.0. The van der Waals surface area contributed by atoms with Crippen LogP contribution in [0.15, 0.2) is 12.2 Å². The van der Waals surface area contributed by atoms with E-state index in [0.29, 0.717) is 6.54 Å². The highest BCUT2D eigenvalue weighted by Gasteiger charge is 2.14. The summed E-state index contributed by atoms with van der Waals surface area (Å²) in [5, 5.41) is 30.2. The van der Waals surface area contributed by atoms with E-state index in [9.17, 15) is 5.21 Å². The van der Waals surface area contributed by atoms with E-state index in [-0.39, 0.29) is 26.3 Å². The number of allylic oxidation sites excluding steroid dienone is 2. The maximum atomic E-state index is 12.3. The first-order valence-electron chi connectivity index (χ1n) is 11.1. The van der Waals surface area contributed by atoms with E-state index in [1.807, 2.05) is 0 Å². The van der Waals surface area contributed by atoms with E-state index in [0.717, 1.165) is 12.8 Å². The second-order valence-electron chi connectivity index (χ2n) is 7.61. The molecule has 2 N–H and O–H groups in total. The third-order valence-corrected chi connectivity index (χ3v) is 5.09. The normalized spacial score (nSPS) is 12.3. The van der Waals surface area contributed by atoms with Crippen molar-refractivity contribution in [3.05, 3.63) is 17.4 Å². The van der Waals surface area contributed by atoms with Crippen molar-refractivity contribution in [1.82, 2.24) is 0 Å². The van der Waals surface area contributed by atoms with Gasteiger partial charge in [-0.1, -0.05) is 70.4 Å². The molecule has 0 saturated carbocycles. The van der Waals surface area contributed by atoms with Gasteiger partial charge in [0.25, 0.3) is 0 Å². The van der Waals surface area contributed by atoms with Gasteiger partial charge in [-0.2, -0.15) is 0 Å². The van der Waals surface area contributed by atoms with Gasteiger partial charge in [-0.25, -0.2) is 0 Å². The zero-order valence-electron chi connectivity index (χ0n) is 17.3. The third-order valence-electron chi connectivity index (χ3n) is 5.09. The Morgan fingerprint density at radius 2 is 1.04 bits per heavy atom. The average molecular weight is 372 g/mol. The molecule has 4 heteroatoms. The highest BCUT2D eigenvalue weighted by molar-refractivity contribution is 4.81. The molecule has 0 aromatic rings. The second kappa shape index (κ2) is 19.3. The van der Waals surface area contributed by atoms with E-state index < -0.39 is 4.65 Å². The molecule has 0 atom stereocenters. The first-order valence-corrected chi connectivity index (χ1v) is 11.1. The molecule has 0 aliphatic rings. The lowest BCUT2D eigenvalue weighted by Crippen LogP contribution is -2.47. The van der Waals surface area contributed by atoms with Crippen LogP contribution in [-0.2, 0) is 0 Å². The molecule has 0 unspecified atom stereocenters. The first-order chi connectivity index (χ1) is 12.7. The Morgan fingerprint density at radius 1 is 0.615 bits per heavy atom. The quantitative estimate of drug-likeness (QED) is 0.132. The summed E-state index contributed by atoms with van der Waals surface area (Å²) in [4.78, 5) is 0. The Morgan fingerprint density at radius 3 is 1.50 bits per heavy atom. The number of quaternary nitrogens is 1. The molecule has 26 heavy (non-hydrogen) atoms. The van der Waals surface area contributed by atoms with Gasteiger partial charge in [0.15, 0.2) is 0 Å². The van der Waals surface area contributed by atoms with E-state index >= 15 is 0 Å². The molecule has 0 aromatic heterocycles. The summed E-state index contributed by atoms with van der Waals surface area (Å²) in [6.07, 6.45) is 22.3. The molecule has 156 valence electrons. The van der Waals surface area contributed by atoms with Gasteiger partial charge in [0.05, 0.1) is 19.8 Å². The molecular weight excluding hydrogens is 326 g/mol. The fourth-order valence-corrected chi connectivity index (χ4v) is 3.35. The SMILES string of the molecule is CCCCCCCC/C=C/CCCCCCCC[N+]([O-])(CCO)CCO. The Bertz CT molecular complexity index is 302. The Kier molecular flexibility index (Phi) is 19.0. The first kappa shape index (κ1) is 25.6.